The topological polar surface area (TPSA) is 56.7 Å². The third kappa shape index (κ3) is 3.12. The molecule has 3 heterocycles. The molecule has 0 aliphatic carbocycles. The Morgan fingerprint density at radius 1 is 1.00 bits per heavy atom. The average molecular weight is 405 g/mol. The van der Waals surface area contributed by atoms with Crippen molar-refractivity contribution in [3.8, 4) is 17.1 Å². The maximum Gasteiger partial charge on any atom is 0.196 e. The minimum Gasteiger partial charge on any atom is -0.469 e. The van der Waals surface area contributed by atoms with Crippen LogP contribution in [0.15, 0.2) is 76.5 Å². The number of hydrogen-bond donors (Lipinski definition) is 0. The minimum atomic E-state index is 0.745. The highest BCUT2D eigenvalue weighted by molar-refractivity contribution is 7.98. The summed E-state index contributed by atoms with van der Waals surface area (Å²) in [7, 11) is 0. The Balaban J connectivity index is 1.52. The Morgan fingerprint density at radius 2 is 1.82 bits per heavy atom. The second kappa shape index (κ2) is 7.26. The third-order valence-electron chi connectivity index (χ3n) is 4.41. The quantitative estimate of drug-likeness (QED) is 0.350. The van der Waals surface area contributed by atoms with Gasteiger partial charge in [0.15, 0.2) is 11.0 Å². The summed E-state index contributed by atoms with van der Waals surface area (Å²) >= 11 is 3.36. The maximum atomic E-state index is 5.49. The lowest BCUT2D eigenvalue weighted by Gasteiger charge is -2.09. The van der Waals surface area contributed by atoms with Gasteiger partial charge in [-0.25, -0.2) is 4.98 Å². The van der Waals surface area contributed by atoms with Crippen molar-refractivity contribution in [3.63, 3.8) is 0 Å². The molecule has 0 N–H and O–H groups in total. The molecule has 0 atom stereocenters. The van der Waals surface area contributed by atoms with Gasteiger partial charge in [0, 0.05) is 5.69 Å². The molecular weight excluding hydrogens is 388 g/mol. The van der Waals surface area contributed by atoms with Crippen LogP contribution < -0.4 is 0 Å². The molecule has 3 aromatic heterocycles. The Hall–Kier alpha value is -2.90. The number of aryl methyl sites for hydroxylation is 1. The highest BCUT2D eigenvalue weighted by Gasteiger charge is 2.19. The minimum absolute atomic E-state index is 0.745. The zero-order chi connectivity index (χ0) is 18.9. The van der Waals surface area contributed by atoms with Crippen LogP contribution >= 0.6 is 23.1 Å². The van der Waals surface area contributed by atoms with Crippen molar-refractivity contribution in [3.05, 3.63) is 77.7 Å². The van der Waals surface area contributed by atoms with Crippen LogP contribution in [0.2, 0.25) is 0 Å². The number of furan rings is 1. The van der Waals surface area contributed by atoms with E-state index in [0.717, 1.165) is 44.3 Å². The number of hydrogen-bond acceptors (Lipinski definition) is 6. The van der Waals surface area contributed by atoms with E-state index >= 15 is 0 Å². The molecule has 5 aromatic rings. The largest absolute Gasteiger partial charge is 0.469 e. The fourth-order valence-electron chi connectivity index (χ4n) is 3.07. The summed E-state index contributed by atoms with van der Waals surface area (Å²) in [5.74, 6) is 2.35. The molecule has 0 aliphatic rings. The molecule has 28 heavy (non-hydrogen) atoms. The lowest BCUT2D eigenvalue weighted by molar-refractivity contribution is 0.535. The number of nitrogens with zero attached hydrogens (tertiary/aromatic N) is 4. The molecule has 0 bridgehead atoms. The van der Waals surface area contributed by atoms with E-state index in [1.54, 1.807) is 29.4 Å². The van der Waals surface area contributed by atoms with E-state index in [4.69, 9.17) is 9.40 Å². The van der Waals surface area contributed by atoms with Crippen molar-refractivity contribution in [2.45, 2.75) is 17.8 Å². The van der Waals surface area contributed by atoms with Crippen LogP contribution in [0.1, 0.15) is 10.8 Å². The fourth-order valence-corrected chi connectivity index (χ4v) is 4.98. The molecule has 0 saturated carbocycles. The van der Waals surface area contributed by atoms with Crippen LogP contribution in [-0.2, 0) is 5.75 Å². The van der Waals surface area contributed by atoms with E-state index in [-0.39, 0.29) is 0 Å². The van der Waals surface area contributed by atoms with Crippen molar-refractivity contribution in [1.29, 1.82) is 0 Å². The first-order valence-corrected chi connectivity index (χ1v) is 10.6. The fraction of sp³-hybridized carbons (Fsp3) is 0.0952. The smallest absolute Gasteiger partial charge is 0.196 e. The zero-order valence-corrected chi connectivity index (χ0v) is 16.7. The average Bonchev–Trinajstić information content (AvgIpc) is 3.44. The summed E-state index contributed by atoms with van der Waals surface area (Å²) in [6.07, 6.45) is 1.68. The van der Waals surface area contributed by atoms with Crippen molar-refractivity contribution in [1.82, 2.24) is 19.7 Å². The lowest BCUT2D eigenvalue weighted by atomic mass is 10.2. The first-order chi connectivity index (χ1) is 13.8. The first-order valence-electron chi connectivity index (χ1n) is 8.82. The van der Waals surface area contributed by atoms with Gasteiger partial charge in [-0.3, -0.25) is 4.57 Å². The van der Waals surface area contributed by atoms with Crippen molar-refractivity contribution < 1.29 is 4.42 Å². The van der Waals surface area contributed by atoms with Crippen LogP contribution in [0.5, 0.6) is 0 Å². The highest BCUT2D eigenvalue weighted by atomic mass is 32.2. The molecule has 0 fully saturated rings. The maximum absolute atomic E-state index is 5.49. The summed E-state index contributed by atoms with van der Waals surface area (Å²) in [5.41, 5.74) is 3.01. The van der Waals surface area contributed by atoms with E-state index in [9.17, 15) is 0 Å². The summed E-state index contributed by atoms with van der Waals surface area (Å²) < 4.78 is 8.77. The Kier molecular flexibility index (Phi) is 4.46. The summed E-state index contributed by atoms with van der Waals surface area (Å²) in [6, 6.07) is 20.3. The van der Waals surface area contributed by atoms with Crippen LogP contribution in [0, 0.1) is 6.92 Å². The molecule has 5 nitrogen and oxygen atoms in total. The van der Waals surface area contributed by atoms with Crippen LogP contribution in [-0.4, -0.2) is 19.7 Å². The van der Waals surface area contributed by atoms with Gasteiger partial charge in [0.05, 0.1) is 27.8 Å². The predicted molar refractivity (Wildman–Crippen MR) is 113 cm³/mol. The molecule has 5 rings (SSSR count). The highest BCUT2D eigenvalue weighted by Crippen LogP contribution is 2.33. The number of thiazole rings is 1. The van der Waals surface area contributed by atoms with Crippen LogP contribution in [0.3, 0.4) is 0 Å². The SMILES string of the molecule is Cc1occc1-c1nnc(SCc2nc3ccccc3s2)n1-c1ccccc1. The zero-order valence-electron chi connectivity index (χ0n) is 15.1. The lowest BCUT2D eigenvalue weighted by Crippen LogP contribution is -1.99. The van der Waals surface area contributed by atoms with Gasteiger partial charge in [-0.2, -0.15) is 0 Å². The van der Waals surface area contributed by atoms with Gasteiger partial charge in [-0.15, -0.1) is 21.5 Å². The van der Waals surface area contributed by atoms with E-state index in [0.29, 0.717) is 0 Å². The second-order valence-electron chi connectivity index (χ2n) is 6.23. The van der Waals surface area contributed by atoms with Gasteiger partial charge in [0.1, 0.15) is 10.8 Å². The van der Waals surface area contributed by atoms with E-state index in [1.165, 1.54) is 4.70 Å². The Labute approximate surface area is 170 Å². The van der Waals surface area contributed by atoms with E-state index in [2.05, 4.69) is 33.0 Å². The molecular formula is C21H16N4OS2. The summed E-state index contributed by atoms with van der Waals surface area (Å²) in [4.78, 5) is 4.73. The molecule has 0 saturated heterocycles. The molecule has 138 valence electrons. The van der Waals surface area contributed by atoms with E-state index < -0.39 is 0 Å². The van der Waals surface area contributed by atoms with Crippen molar-refractivity contribution in [2.75, 3.05) is 0 Å². The molecule has 0 amide bonds. The van der Waals surface area contributed by atoms with Crippen molar-refractivity contribution >= 4 is 33.3 Å². The number of benzene rings is 2. The van der Waals surface area contributed by atoms with Gasteiger partial charge >= 0.3 is 0 Å². The van der Waals surface area contributed by atoms with Crippen molar-refractivity contribution in [2.24, 2.45) is 0 Å². The monoisotopic (exact) mass is 404 g/mol. The number of thioether (sulfide) groups is 1. The van der Waals surface area contributed by atoms with Gasteiger partial charge in [-0.1, -0.05) is 42.1 Å². The molecule has 2 aromatic carbocycles. The summed E-state index contributed by atoms with van der Waals surface area (Å²) in [6.45, 7) is 1.94. The van der Waals surface area contributed by atoms with Gasteiger partial charge in [0.25, 0.3) is 0 Å². The van der Waals surface area contributed by atoms with Gasteiger partial charge < -0.3 is 4.42 Å². The first kappa shape index (κ1) is 17.2. The number of fused-ring (bicyclic) bond motifs is 1. The standard InChI is InChI=1S/C21H16N4OS2/c1-14-16(11-12-26-14)20-23-24-21(25(20)15-7-3-2-4-8-15)27-13-19-22-17-9-5-6-10-18(17)28-19/h2-12H,13H2,1H3. The molecule has 7 heteroatoms. The van der Waals surface area contributed by atoms with Crippen LogP contribution in [0.4, 0.5) is 0 Å². The second-order valence-corrected chi connectivity index (χ2v) is 8.29. The Bertz CT molecular complexity index is 1210. The van der Waals surface area contributed by atoms with Crippen LogP contribution in [0.25, 0.3) is 27.3 Å². The number of aromatic nitrogens is 4. The molecule has 0 aliphatic heterocycles. The summed E-state index contributed by atoms with van der Waals surface area (Å²) in [5, 5.41) is 10.8. The normalized spacial score (nSPS) is 11.3. The molecule has 0 unspecified atom stereocenters. The Morgan fingerprint density at radius 3 is 2.61 bits per heavy atom. The number of rotatable bonds is 5. The van der Waals surface area contributed by atoms with Gasteiger partial charge in [0.2, 0.25) is 0 Å². The predicted octanol–water partition coefficient (Wildman–Crippen LogP) is 5.74. The third-order valence-corrected chi connectivity index (χ3v) is 6.57. The number of para-hydroxylation sites is 2. The molecule has 0 radical (unpaired) electrons. The van der Waals surface area contributed by atoms with Gasteiger partial charge in [-0.05, 0) is 37.3 Å². The molecule has 0 spiro atoms. The van der Waals surface area contributed by atoms with E-state index in [1.807, 2.05) is 49.4 Å².